The smallest absolute Gasteiger partial charge is 0.267 e. The van der Waals surface area contributed by atoms with Gasteiger partial charge in [0.1, 0.15) is 4.88 Å². The minimum absolute atomic E-state index is 0.210. The fourth-order valence-corrected chi connectivity index (χ4v) is 3.46. The van der Waals surface area contributed by atoms with Crippen LogP contribution in [0.25, 0.3) is 0 Å². The largest absolute Gasteiger partial charge is 0.391 e. The molecule has 6 nitrogen and oxygen atoms in total. The maximum Gasteiger partial charge on any atom is 0.267 e. The van der Waals surface area contributed by atoms with E-state index in [4.69, 9.17) is 0 Å². The van der Waals surface area contributed by atoms with Gasteiger partial charge >= 0.3 is 0 Å². The van der Waals surface area contributed by atoms with Crippen molar-refractivity contribution in [3.8, 4) is 0 Å². The summed E-state index contributed by atoms with van der Waals surface area (Å²) in [7, 11) is 0. The number of nitrogens with zero attached hydrogens (tertiary/aromatic N) is 1. The number of nitrogens with one attached hydrogen (secondary N) is 2. The Labute approximate surface area is 150 Å². The van der Waals surface area contributed by atoms with E-state index in [1.54, 1.807) is 23.7 Å². The standard InChI is InChI=1S/C18H21N3O3S/c1-11-6-7-12(17(23)20-13-4-2-3-5-15(13)22)8-14(11)21-18(24)16-9-19-10-25-16/h6-10,13,15,22H,2-5H2,1H3,(H,20,23)(H,21,24)/t13-,15-/m0/s1. The minimum atomic E-state index is -0.492. The SMILES string of the molecule is Cc1ccc(C(=O)N[C@H]2CCCC[C@@H]2O)cc1NC(=O)c1cncs1. The molecule has 1 aromatic heterocycles. The first kappa shape index (κ1) is 17.6. The molecule has 2 atom stereocenters. The van der Waals surface area contributed by atoms with Crippen LogP contribution in [-0.2, 0) is 0 Å². The van der Waals surface area contributed by atoms with Gasteiger partial charge in [0, 0.05) is 11.3 Å². The highest BCUT2D eigenvalue weighted by Gasteiger charge is 2.25. The van der Waals surface area contributed by atoms with Crippen molar-refractivity contribution in [2.24, 2.45) is 0 Å². The van der Waals surface area contributed by atoms with E-state index >= 15 is 0 Å². The van der Waals surface area contributed by atoms with Crippen LogP contribution in [0.1, 0.15) is 51.3 Å². The monoisotopic (exact) mass is 359 g/mol. The van der Waals surface area contributed by atoms with Crippen molar-refractivity contribution in [1.29, 1.82) is 0 Å². The van der Waals surface area contributed by atoms with E-state index in [2.05, 4.69) is 15.6 Å². The van der Waals surface area contributed by atoms with Crippen LogP contribution in [0.4, 0.5) is 5.69 Å². The summed E-state index contributed by atoms with van der Waals surface area (Å²) in [6.07, 6.45) is 4.52. The van der Waals surface area contributed by atoms with Crippen LogP contribution in [0.3, 0.4) is 0 Å². The number of aromatic nitrogens is 1. The zero-order valence-corrected chi connectivity index (χ0v) is 14.8. The molecule has 0 aliphatic heterocycles. The van der Waals surface area contributed by atoms with Crippen LogP contribution in [-0.4, -0.2) is 34.1 Å². The normalized spacial score (nSPS) is 20.1. The number of carbonyl (C=O) groups excluding carboxylic acids is 2. The Morgan fingerprint density at radius 3 is 2.76 bits per heavy atom. The molecular formula is C18H21N3O3S. The highest BCUT2D eigenvalue weighted by atomic mass is 32.1. The Morgan fingerprint density at radius 1 is 1.24 bits per heavy atom. The van der Waals surface area contributed by atoms with E-state index < -0.39 is 6.10 Å². The van der Waals surface area contributed by atoms with Crippen molar-refractivity contribution < 1.29 is 14.7 Å². The fourth-order valence-electron chi connectivity index (χ4n) is 2.94. The van der Waals surface area contributed by atoms with E-state index in [-0.39, 0.29) is 17.9 Å². The number of aryl methyl sites for hydroxylation is 1. The summed E-state index contributed by atoms with van der Waals surface area (Å²) in [5.74, 6) is -0.481. The summed E-state index contributed by atoms with van der Waals surface area (Å²) in [6.45, 7) is 1.87. The number of carbonyl (C=O) groups is 2. The molecule has 132 valence electrons. The van der Waals surface area contributed by atoms with E-state index in [9.17, 15) is 14.7 Å². The lowest BCUT2D eigenvalue weighted by Gasteiger charge is -2.28. The van der Waals surface area contributed by atoms with Crippen LogP contribution >= 0.6 is 11.3 Å². The van der Waals surface area contributed by atoms with Crippen molar-refractivity contribution >= 4 is 28.8 Å². The lowest BCUT2D eigenvalue weighted by atomic mass is 9.92. The average Bonchev–Trinajstić information content (AvgIpc) is 3.13. The Morgan fingerprint density at radius 2 is 2.04 bits per heavy atom. The lowest BCUT2D eigenvalue weighted by molar-refractivity contribution is 0.0717. The molecule has 3 rings (SSSR count). The van der Waals surface area contributed by atoms with Gasteiger partial charge in [-0.2, -0.15) is 0 Å². The molecule has 2 aromatic rings. The topological polar surface area (TPSA) is 91.3 Å². The average molecular weight is 359 g/mol. The summed E-state index contributed by atoms with van der Waals surface area (Å²) < 4.78 is 0. The molecule has 0 bridgehead atoms. The van der Waals surface area contributed by atoms with Crippen LogP contribution in [0, 0.1) is 6.92 Å². The van der Waals surface area contributed by atoms with E-state index in [1.165, 1.54) is 17.5 Å². The molecule has 2 amide bonds. The van der Waals surface area contributed by atoms with Crippen LogP contribution in [0.5, 0.6) is 0 Å². The zero-order chi connectivity index (χ0) is 17.8. The van der Waals surface area contributed by atoms with Gasteiger partial charge < -0.3 is 15.7 Å². The Hall–Kier alpha value is -2.25. The first-order valence-corrected chi connectivity index (χ1v) is 9.22. The van der Waals surface area contributed by atoms with Crippen molar-refractivity contribution in [2.45, 2.75) is 44.8 Å². The minimum Gasteiger partial charge on any atom is -0.391 e. The summed E-state index contributed by atoms with van der Waals surface area (Å²) in [4.78, 5) is 29.1. The molecule has 0 radical (unpaired) electrons. The molecule has 1 aromatic carbocycles. The molecular weight excluding hydrogens is 338 g/mol. The van der Waals surface area contributed by atoms with Crippen molar-refractivity contribution in [1.82, 2.24) is 10.3 Å². The molecule has 1 heterocycles. The number of hydrogen-bond acceptors (Lipinski definition) is 5. The number of hydrogen-bond donors (Lipinski definition) is 3. The second kappa shape index (κ2) is 7.76. The quantitative estimate of drug-likeness (QED) is 0.783. The molecule has 0 unspecified atom stereocenters. The predicted octanol–water partition coefficient (Wildman–Crippen LogP) is 2.74. The molecule has 3 N–H and O–H groups in total. The number of aliphatic hydroxyl groups is 1. The molecule has 1 fully saturated rings. The maximum atomic E-state index is 12.5. The summed E-state index contributed by atoms with van der Waals surface area (Å²) in [6, 6.07) is 4.98. The predicted molar refractivity (Wildman–Crippen MR) is 97.0 cm³/mol. The van der Waals surface area contributed by atoms with E-state index in [0.717, 1.165) is 31.2 Å². The summed E-state index contributed by atoms with van der Waals surface area (Å²) in [5, 5.41) is 15.7. The van der Waals surface area contributed by atoms with Crippen molar-refractivity contribution in [3.63, 3.8) is 0 Å². The van der Waals surface area contributed by atoms with Gasteiger partial charge in [0.05, 0.1) is 23.9 Å². The second-order valence-electron chi connectivity index (χ2n) is 6.28. The van der Waals surface area contributed by atoms with E-state index in [0.29, 0.717) is 16.1 Å². The number of anilines is 1. The van der Waals surface area contributed by atoms with Crippen molar-refractivity contribution in [2.75, 3.05) is 5.32 Å². The van der Waals surface area contributed by atoms with Gasteiger partial charge in [0.25, 0.3) is 11.8 Å². The molecule has 25 heavy (non-hydrogen) atoms. The first-order chi connectivity index (χ1) is 12.0. The number of rotatable bonds is 4. The maximum absolute atomic E-state index is 12.5. The number of aliphatic hydroxyl groups excluding tert-OH is 1. The highest BCUT2D eigenvalue weighted by Crippen LogP contribution is 2.21. The van der Waals surface area contributed by atoms with Gasteiger partial charge in [0.15, 0.2) is 0 Å². The second-order valence-corrected chi connectivity index (χ2v) is 7.17. The van der Waals surface area contributed by atoms with Gasteiger partial charge in [-0.05, 0) is 37.5 Å². The third-order valence-electron chi connectivity index (χ3n) is 4.45. The molecule has 1 aliphatic rings. The molecule has 0 spiro atoms. The van der Waals surface area contributed by atoms with Gasteiger partial charge in [-0.25, -0.2) is 0 Å². The Balaban J connectivity index is 1.72. The summed E-state index contributed by atoms with van der Waals surface area (Å²) >= 11 is 1.26. The van der Waals surface area contributed by atoms with Gasteiger partial charge in [-0.1, -0.05) is 18.9 Å². The Bertz CT molecular complexity index is 761. The zero-order valence-electron chi connectivity index (χ0n) is 14.0. The molecule has 1 saturated carbocycles. The Kier molecular flexibility index (Phi) is 5.45. The molecule has 1 aliphatic carbocycles. The fraction of sp³-hybridized carbons (Fsp3) is 0.389. The third kappa shape index (κ3) is 4.24. The van der Waals surface area contributed by atoms with Gasteiger partial charge in [-0.15, -0.1) is 11.3 Å². The number of thiazole rings is 1. The number of amides is 2. The highest BCUT2D eigenvalue weighted by molar-refractivity contribution is 7.11. The van der Waals surface area contributed by atoms with Crippen LogP contribution in [0.2, 0.25) is 0 Å². The van der Waals surface area contributed by atoms with Crippen molar-refractivity contribution in [3.05, 3.63) is 45.9 Å². The first-order valence-electron chi connectivity index (χ1n) is 8.34. The lowest BCUT2D eigenvalue weighted by Crippen LogP contribution is -2.45. The van der Waals surface area contributed by atoms with Crippen LogP contribution in [0.15, 0.2) is 29.9 Å². The third-order valence-corrected chi connectivity index (χ3v) is 5.22. The molecule has 0 saturated heterocycles. The van der Waals surface area contributed by atoms with Gasteiger partial charge in [-0.3, -0.25) is 14.6 Å². The summed E-state index contributed by atoms with van der Waals surface area (Å²) in [5.41, 5.74) is 3.52. The van der Waals surface area contributed by atoms with E-state index in [1.807, 2.05) is 6.92 Å². The number of benzene rings is 1. The van der Waals surface area contributed by atoms with Crippen LogP contribution < -0.4 is 10.6 Å². The van der Waals surface area contributed by atoms with Gasteiger partial charge in [0.2, 0.25) is 0 Å². The molecule has 7 heteroatoms.